The molecule has 0 amide bonds. The fraction of sp³-hybridized carbons (Fsp3) is 0.400. The molecule has 2 aromatic carbocycles. The summed E-state index contributed by atoms with van der Waals surface area (Å²) in [6.07, 6.45) is -3.15. The van der Waals surface area contributed by atoms with E-state index in [0.717, 1.165) is 26.6 Å². The van der Waals surface area contributed by atoms with Crippen LogP contribution in [0.1, 0.15) is 47.4 Å². The minimum absolute atomic E-state index is 0.0171. The second kappa shape index (κ2) is 8.21. The standard InChI is InChI=1S/C25H26BrNO6/c1-25(2)16-9-13(32-11-19-23(30)18(28)10-20(31-3)33-19)5-7-14(16)22(29)21-15-6-4-12(26)8-17(15)27-24(21)25/h4-9,18-20,23,27-28,30H,10-11H2,1-3H3/t18-,19-,20?,23+/m1/s1. The van der Waals surface area contributed by atoms with Crippen LogP contribution in [0.25, 0.3) is 10.9 Å². The third-order valence-corrected chi connectivity index (χ3v) is 7.23. The summed E-state index contributed by atoms with van der Waals surface area (Å²) < 4.78 is 17.7. The Morgan fingerprint density at radius 2 is 2.00 bits per heavy atom. The Morgan fingerprint density at radius 3 is 2.76 bits per heavy atom. The number of fused-ring (bicyclic) bond motifs is 4. The number of nitrogens with one attached hydrogen (secondary N) is 1. The van der Waals surface area contributed by atoms with Crippen molar-refractivity contribution in [2.75, 3.05) is 13.7 Å². The lowest BCUT2D eigenvalue weighted by molar-refractivity contribution is -0.247. The Balaban J connectivity index is 1.45. The van der Waals surface area contributed by atoms with Gasteiger partial charge in [0.1, 0.15) is 24.6 Å². The summed E-state index contributed by atoms with van der Waals surface area (Å²) in [6, 6.07) is 11.3. The van der Waals surface area contributed by atoms with Gasteiger partial charge in [-0.25, -0.2) is 0 Å². The number of halogens is 1. The van der Waals surface area contributed by atoms with Crippen molar-refractivity contribution in [2.24, 2.45) is 0 Å². The quantitative estimate of drug-likeness (QED) is 0.490. The van der Waals surface area contributed by atoms with Crippen LogP contribution in [0.5, 0.6) is 5.75 Å². The van der Waals surface area contributed by atoms with Crippen molar-refractivity contribution in [3.63, 3.8) is 0 Å². The number of H-pyrrole nitrogens is 1. The summed E-state index contributed by atoms with van der Waals surface area (Å²) in [4.78, 5) is 16.9. The molecule has 3 aromatic rings. The van der Waals surface area contributed by atoms with Crippen LogP contribution in [0.2, 0.25) is 0 Å². The molecule has 33 heavy (non-hydrogen) atoms. The summed E-state index contributed by atoms with van der Waals surface area (Å²) in [7, 11) is 1.49. The Labute approximate surface area is 199 Å². The number of methoxy groups -OCH3 is 1. The van der Waals surface area contributed by atoms with E-state index in [1.165, 1.54) is 7.11 Å². The molecule has 1 aromatic heterocycles. The zero-order chi connectivity index (χ0) is 23.5. The van der Waals surface area contributed by atoms with Gasteiger partial charge in [0.25, 0.3) is 0 Å². The second-order valence-electron chi connectivity index (χ2n) is 9.17. The van der Waals surface area contributed by atoms with E-state index < -0.39 is 30.0 Å². The van der Waals surface area contributed by atoms with Crippen LogP contribution in [0, 0.1) is 0 Å². The molecule has 0 bridgehead atoms. The van der Waals surface area contributed by atoms with Gasteiger partial charge in [-0.05, 0) is 35.9 Å². The summed E-state index contributed by atoms with van der Waals surface area (Å²) >= 11 is 3.50. The maximum atomic E-state index is 13.5. The van der Waals surface area contributed by atoms with Gasteiger partial charge >= 0.3 is 0 Å². The normalized spacial score (nSPS) is 26.2. The molecule has 1 aliphatic carbocycles. The van der Waals surface area contributed by atoms with Crippen molar-refractivity contribution < 1.29 is 29.2 Å². The number of carbonyl (C=O) groups is 1. The van der Waals surface area contributed by atoms with E-state index in [9.17, 15) is 15.0 Å². The number of aliphatic hydroxyl groups excluding tert-OH is 2. The number of hydrogen-bond acceptors (Lipinski definition) is 6. The largest absolute Gasteiger partial charge is 0.491 e. The molecular formula is C25H26BrNO6. The Bertz CT molecular complexity index is 1240. The minimum atomic E-state index is -1.07. The van der Waals surface area contributed by atoms with Gasteiger partial charge < -0.3 is 29.4 Å². The van der Waals surface area contributed by atoms with E-state index in [1.54, 1.807) is 12.1 Å². The molecular weight excluding hydrogens is 490 g/mol. The summed E-state index contributed by atoms with van der Waals surface area (Å²) in [5.41, 5.74) is 3.55. The lowest BCUT2D eigenvalue weighted by Crippen LogP contribution is -2.51. The van der Waals surface area contributed by atoms with Crippen LogP contribution in [-0.2, 0) is 14.9 Å². The van der Waals surface area contributed by atoms with E-state index in [4.69, 9.17) is 14.2 Å². The SMILES string of the molecule is COC1C[C@@H](O)[C@H](O)[C@@H](COc2ccc3c(c2)C(C)(C)c2[nH]c4cc(Br)ccc4c2C3=O)O1. The number of ketones is 1. The van der Waals surface area contributed by atoms with E-state index in [1.807, 2.05) is 24.3 Å². The third kappa shape index (κ3) is 3.70. The number of benzene rings is 2. The first-order valence-corrected chi connectivity index (χ1v) is 11.7. The summed E-state index contributed by atoms with van der Waals surface area (Å²) in [6.45, 7) is 4.20. The molecule has 3 N–H and O–H groups in total. The molecule has 2 aliphatic rings. The van der Waals surface area contributed by atoms with E-state index >= 15 is 0 Å². The highest BCUT2D eigenvalue weighted by molar-refractivity contribution is 9.10. The number of hydrogen-bond donors (Lipinski definition) is 3. The molecule has 4 atom stereocenters. The number of rotatable bonds is 4. The van der Waals surface area contributed by atoms with E-state index in [0.29, 0.717) is 16.9 Å². The lowest BCUT2D eigenvalue weighted by atomic mass is 9.71. The molecule has 1 aliphatic heterocycles. The van der Waals surface area contributed by atoms with Crippen molar-refractivity contribution in [3.8, 4) is 5.75 Å². The Hall–Kier alpha value is -2.23. The van der Waals surface area contributed by atoms with Gasteiger partial charge in [0.2, 0.25) is 0 Å². The maximum absolute atomic E-state index is 13.5. The molecule has 7 nitrogen and oxygen atoms in total. The predicted molar refractivity (Wildman–Crippen MR) is 126 cm³/mol. The van der Waals surface area contributed by atoms with E-state index in [-0.39, 0.29) is 18.8 Å². The molecule has 174 valence electrons. The third-order valence-electron chi connectivity index (χ3n) is 6.73. The lowest BCUT2D eigenvalue weighted by Gasteiger charge is -2.36. The number of ether oxygens (including phenoxy) is 3. The van der Waals surface area contributed by atoms with Crippen LogP contribution >= 0.6 is 15.9 Å². The van der Waals surface area contributed by atoms with Crippen molar-refractivity contribution in [3.05, 3.63) is 63.3 Å². The first-order valence-electron chi connectivity index (χ1n) is 10.9. The van der Waals surface area contributed by atoms with Gasteiger partial charge in [0.15, 0.2) is 12.1 Å². The van der Waals surface area contributed by atoms with Gasteiger partial charge in [-0.3, -0.25) is 4.79 Å². The number of aromatic amines is 1. The highest BCUT2D eigenvalue weighted by Gasteiger charge is 2.40. The Kier molecular flexibility index (Phi) is 5.61. The average molecular weight is 516 g/mol. The van der Waals surface area contributed by atoms with Gasteiger partial charge in [-0.1, -0.05) is 35.8 Å². The van der Waals surface area contributed by atoms with Crippen molar-refractivity contribution in [2.45, 2.75) is 50.3 Å². The average Bonchev–Trinajstić information content (AvgIpc) is 3.18. The van der Waals surface area contributed by atoms with Crippen molar-refractivity contribution >= 4 is 32.6 Å². The molecule has 8 heteroatoms. The molecule has 1 saturated heterocycles. The maximum Gasteiger partial charge on any atom is 0.195 e. The molecule has 0 radical (unpaired) electrons. The van der Waals surface area contributed by atoms with Gasteiger partial charge in [-0.15, -0.1) is 0 Å². The monoisotopic (exact) mass is 515 g/mol. The zero-order valence-electron chi connectivity index (χ0n) is 18.6. The highest BCUT2D eigenvalue weighted by atomic mass is 79.9. The topological polar surface area (TPSA) is 101 Å². The number of aromatic nitrogens is 1. The fourth-order valence-electron chi connectivity index (χ4n) is 4.86. The van der Waals surface area contributed by atoms with Crippen LogP contribution < -0.4 is 4.74 Å². The van der Waals surface area contributed by atoms with Crippen LogP contribution in [-0.4, -0.2) is 59.3 Å². The molecule has 0 spiro atoms. The van der Waals surface area contributed by atoms with Gasteiger partial charge in [-0.2, -0.15) is 0 Å². The van der Waals surface area contributed by atoms with Crippen molar-refractivity contribution in [1.29, 1.82) is 0 Å². The summed E-state index contributed by atoms with van der Waals surface area (Å²) in [5.74, 6) is 0.540. The molecule has 0 saturated carbocycles. The first-order chi connectivity index (χ1) is 15.7. The molecule has 1 fully saturated rings. The highest BCUT2D eigenvalue weighted by Crippen LogP contribution is 2.45. The number of aliphatic hydroxyl groups is 2. The predicted octanol–water partition coefficient (Wildman–Crippen LogP) is 3.66. The molecule has 5 rings (SSSR count). The zero-order valence-corrected chi connectivity index (χ0v) is 20.2. The van der Waals surface area contributed by atoms with Crippen LogP contribution in [0.3, 0.4) is 0 Å². The number of carbonyl (C=O) groups excluding carboxylic acids is 1. The van der Waals surface area contributed by atoms with Crippen molar-refractivity contribution in [1.82, 2.24) is 4.98 Å². The first kappa shape index (κ1) is 22.6. The minimum Gasteiger partial charge on any atom is -0.491 e. The fourth-order valence-corrected chi connectivity index (χ4v) is 5.22. The summed E-state index contributed by atoms with van der Waals surface area (Å²) in [5, 5.41) is 21.2. The van der Waals surface area contributed by atoms with E-state index in [2.05, 4.69) is 34.8 Å². The smallest absolute Gasteiger partial charge is 0.195 e. The van der Waals surface area contributed by atoms with Crippen LogP contribution in [0.15, 0.2) is 40.9 Å². The molecule has 1 unspecified atom stereocenters. The van der Waals surface area contributed by atoms with Gasteiger partial charge in [0.05, 0.1) is 11.7 Å². The van der Waals surface area contributed by atoms with Crippen LogP contribution in [0.4, 0.5) is 0 Å². The second-order valence-corrected chi connectivity index (χ2v) is 10.1. The molecule has 2 heterocycles. The Morgan fingerprint density at radius 1 is 1.21 bits per heavy atom. The van der Waals surface area contributed by atoms with Gasteiger partial charge in [0, 0.05) is 45.6 Å².